The van der Waals surface area contributed by atoms with Crippen LogP contribution in [-0.2, 0) is 4.79 Å². The van der Waals surface area contributed by atoms with Gasteiger partial charge in [-0.15, -0.1) is 0 Å². The number of nitrogens with zero attached hydrogens (tertiary/aromatic N) is 2. The zero-order valence-corrected chi connectivity index (χ0v) is 15.6. The lowest BCUT2D eigenvalue weighted by Crippen LogP contribution is -2.57. The molecule has 28 heavy (non-hydrogen) atoms. The van der Waals surface area contributed by atoms with Crippen molar-refractivity contribution in [2.24, 2.45) is 5.92 Å². The van der Waals surface area contributed by atoms with Gasteiger partial charge in [-0.2, -0.15) is 0 Å². The summed E-state index contributed by atoms with van der Waals surface area (Å²) in [5.74, 6) is -0.00125. The summed E-state index contributed by atoms with van der Waals surface area (Å²) in [6.07, 6.45) is 6.68. The van der Waals surface area contributed by atoms with Crippen molar-refractivity contribution in [3.05, 3.63) is 40.4 Å². The highest BCUT2D eigenvalue weighted by molar-refractivity contribution is 5.98. The molecule has 2 N–H and O–H groups in total. The van der Waals surface area contributed by atoms with Crippen molar-refractivity contribution in [3.63, 3.8) is 0 Å². The largest absolute Gasteiger partial charge is 0.439 e. The van der Waals surface area contributed by atoms with Crippen LogP contribution in [0.15, 0.2) is 33.6 Å². The Balaban J connectivity index is 1.51. The van der Waals surface area contributed by atoms with Crippen molar-refractivity contribution in [1.82, 2.24) is 20.4 Å². The molecule has 0 bridgehead atoms. The normalized spacial score (nSPS) is 20.8. The van der Waals surface area contributed by atoms with Crippen LogP contribution in [0.4, 0.5) is 0 Å². The van der Waals surface area contributed by atoms with E-state index in [-0.39, 0.29) is 11.8 Å². The van der Waals surface area contributed by atoms with Gasteiger partial charge in [-0.3, -0.25) is 19.1 Å². The van der Waals surface area contributed by atoms with E-state index in [1.807, 2.05) is 0 Å². The number of aromatic nitrogens is 2. The van der Waals surface area contributed by atoms with E-state index in [1.165, 1.54) is 19.3 Å². The van der Waals surface area contributed by atoms with E-state index < -0.39 is 11.8 Å². The van der Waals surface area contributed by atoms with Crippen molar-refractivity contribution in [1.29, 1.82) is 0 Å². The first-order valence-electron chi connectivity index (χ1n) is 9.87. The molecule has 2 amide bonds. The standard InChI is InChI=1S/C20H24N4O4/c25-18-16(12-13-4-2-1-3-5-13)24(11-10-21-18)19(26)15-8-6-14(7-9-15)17-22-20(27)28-23-17/h6-9,13,16H,1-5,10-12H2,(H,21,25)(H,22,23,27). The predicted octanol–water partition coefficient (Wildman–Crippen LogP) is 1.94. The summed E-state index contributed by atoms with van der Waals surface area (Å²) in [6, 6.07) is 6.39. The monoisotopic (exact) mass is 384 g/mol. The molecule has 1 atom stereocenters. The summed E-state index contributed by atoms with van der Waals surface area (Å²) >= 11 is 0. The molecule has 0 radical (unpaired) electrons. The van der Waals surface area contributed by atoms with Gasteiger partial charge in [0, 0.05) is 24.2 Å². The van der Waals surface area contributed by atoms with E-state index in [1.54, 1.807) is 29.2 Å². The Bertz CT molecular complexity index is 895. The summed E-state index contributed by atoms with van der Waals surface area (Å²) in [7, 11) is 0. The Morgan fingerprint density at radius 3 is 2.57 bits per heavy atom. The molecule has 1 aromatic carbocycles. The number of piperazine rings is 1. The third kappa shape index (κ3) is 3.85. The average molecular weight is 384 g/mol. The van der Waals surface area contributed by atoms with Gasteiger partial charge >= 0.3 is 5.76 Å². The molecule has 0 spiro atoms. The highest BCUT2D eigenvalue weighted by Gasteiger charge is 2.35. The molecule has 1 aliphatic heterocycles. The van der Waals surface area contributed by atoms with Crippen LogP contribution in [0.1, 0.15) is 48.9 Å². The first-order valence-corrected chi connectivity index (χ1v) is 9.87. The lowest BCUT2D eigenvalue weighted by molar-refractivity contribution is -0.128. The Kier molecular flexibility index (Phi) is 5.27. The van der Waals surface area contributed by atoms with Gasteiger partial charge in [0.15, 0.2) is 5.82 Å². The van der Waals surface area contributed by atoms with Crippen LogP contribution in [0.2, 0.25) is 0 Å². The van der Waals surface area contributed by atoms with Gasteiger partial charge in [0.05, 0.1) is 0 Å². The molecule has 148 valence electrons. The van der Waals surface area contributed by atoms with Crippen LogP contribution in [0.25, 0.3) is 11.4 Å². The zero-order chi connectivity index (χ0) is 19.5. The van der Waals surface area contributed by atoms with Gasteiger partial charge in [0.25, 0.3) is 5.91 Å². The summed E-state index contributed by atoms with van der Waals surface area (Å²) in [5, 5.41) is 6.55. The van der Waals surface area contributed by atoms with E-state index >= 15 is 0 Å². The molecule has 4 rings (SSSR count). The average Bonchev–Trinajstić information content (AvgIpc) is 3.16. The maximum absolute atomic E-state index is 13.1. The fourth-order valence-electron chi connectivity index (χ4n) is 4.22. The minimum Gasteiger partial charge on any atom is -0.353 e. The number of rotatable bonds is 4. The molecule has 2 fully saturated rings. The number of carbonyl (C=O) groups excluding carboxylic acids is 2. The van der Waals surface area contributed by atoms with E-state index in [0.717, 1.165) is 19.3 Å². The van der Waals surface area contributed by atoms with Crippen molar-refractivity contribution in [2.75, 3.05) is 13.1 Å². The summed E-state index contributed by atoms with van der Waals surface area (Å²) in [5.41, 5.74) is 1.16. The maximum Gasteiger partial charge on any atom is 0.439 e. The summed E-state index contributed by atoms with van der Waals surface area (Å²) in [4.78, 5) is 40.9. The zero-order valence-electron chi connectivity index (χ0n) is 15.6. The minimum atomic E-state index is -0.625. The van der Waals surface area contributed by atoms with Gasteiger partial charge in [0.1, 0.15) is 6.04 Å². The fraction of sp³-hybridized carbons (Fsp3) is 0.500. The fourth-order valence-corrected chi connectivity index (χ4v) is 4.22. The van der Waals surface area contributed by atoms with Gasteiger partial charge in [0.2, 0.25) is 5.91 Å². The predicted molar refractivity (Wildman–Crippen MR) is 102 cm³/mol. The molecular formula is C20H24N4O4. The Hall–Kier alpha value is -2.90. The van der Waals surface area contributed by atoms with Crippen LogP contribution < -0.4 is 11.1 Å². The second kappa shape index (κ2) is 8.00. The molecule has 1 saturated heterocycles. The molecule has 1 aliphatic carbocycles. The Morgan fingerprint density at radius 2 is 1.89 bits per heavy atom. The second-order valence-electron chi connectivity index (χ2n) is 7.57. The van der Waals surface area contributed by atoms with Gasteiger partial charge in [-0.1, -0.05) is 49.4 Å². The molecular weight excluding hydrogens is 360 g/mol. The van der Waals surface area contributed by atoms with Crippen LogP contribution >= 0.6 is 0 Å². The van der Waals surface area contributed by atoms with Crippen molar-refractivity contribution in [2.45, 2.75) is 44.6 Å². The van der Waals surface area contributed by atoms with E-state index in [4.69, 9.17) is 0 Å². The molecule has 1 unspecified atom stereocenters. The van der Waals surface area contributed by atoms with E-state index in [9.17, 15) is 14.4 Å². The maximum atomic E-state index is 13.1. The van der Waals surface area contributed by atoms with E-state index in [2.05, 4.69) is 20.0 Å². The smallest absolute Gasteiger partial charge is 0.353 e. The lowest BCUT2D eigenvalue weighted by Gasteiger charge is -2.37. The number of hydrogen-bond donors (Lipinski definition) is 2. The highest BCUT2D eigenvalue weighted by Crippen LogP contribution is 2.29. The molecule has 2 aromatic rings. The second-order valence-corrected chi connectivity index (χ2v) is 7.57. The number of aromatic amines is 1. The number of nitrogens with one attached hydrogen (secondary N) is 2. The lowest BCUT2D eigenvalue weighted by atomic mass is 9.84. The summed E-state index contributed by atoms with van der Waals surface area (Å²) < 4.78 is 4.51. The van der Waals surface area contributed by atoms with Crippen LogP contribution in [0.3, 0.4) is 0 Å². The van der Waals surface area contributed by atoms with E-state index in [0.29, 0.717) is 36.0 Å². The molecule has 1 aromatic heterocycles. The van der Waals surface area contributed by atoms with Crippen LogP contribution in [0.5, 0.6) is 0 Å². The molecule has 8 heteroatoms. The number of hydrogen-bond acceptors (Lipinski definition) is 5. The molecule has 1 saturated carbocycles. The molecule has 2 heterocycles. The number of carbonyl (C=O) groups is 2. The van der Waals surface area contributed by atoms with Crippen molar-refractivity contribution >= 4 is 11.8 Å². The van der Waals surface area contributed by atoms with Crippen LogP contribution in [0, 0.1) is 5.92 Å². The third-order valence-corrected chi connectivity index (χ3v) is 5.72. The highest BCUT2D eigenvalue weighted by atomic mass is 16.5. The number of amides is 2. The summed E-state index contributed by atoms with van der Waals surface area (Å²) in [6.45, 7) is 0.990. The Morgan fingerprint density at radius 1 is 1.14 bits per heavy atom. The van der Waals surface area contributed by atoms with Gasteiger partial charge in [-0.25, -0.2) is 4.79 Å². The van der Waals surface area contributed by atoms with Crippen LogP contribution in [-0.4, -0.2) is 46.0 Å². The first kappa shape index (κ1) is 18.5. The Labute approximate surface area is 162 Å². The third-order valence-electron chi connectivity index (χ3n) is 5.72. The SMILES string of the molecule is O=C1NCCN(C(=O)c2ccc(-c3noc(=O)[nH]3)cc2)C1CC1CCCCC1. The quantitative estimate of drug-likeness (QED) is 0.837. The molecule has 8 nitrogen and oxygen atoms in total. The topological polar surface area (TPSA) is 108 Å². The van der Waals surface area contributed by atoms with Crippen molar-refractivity contribution < 1.29 is 14.1 Å². The van der Waals surface area contributed by atoms with Gasteiger partial charge in [-0.05, 0) is 24.5 Å². The van der Waals surface area contributed by atoms with Gasteiger partial charge < -0.3 is 10.2 Å². The molecule has 2 aliphatic rings. The van der Waals surface area contributed by atoms with Crippen molar-refractivity contribution in [3.8, 4) is 11.4 Å². The number of H-pyrrole nitrogens is 1. The number of benzene rings is 1. The minimum absolute atomic E-state index is 0.0537. The first-order chi connectivity index (χ1) is 13.6.